The van der Waals surface area contributed by atoms with Crippen molar-refractivity contribution in [2.45, 2.75) is 6.92 Å². The molecule has 22 heavy (non-hydrogen) atoms. The highest BCUT2D eigenvalue weighted by Gasteiger charge is 2.14. The Morgan fingerprint density at radius 3 is 2.36 bits per heavy atom. The van der Waals surface area contributed by atoms with E-state index >= 15 is 0 Å². The first-order valence-electron chi connectivity index (χ1n) is 6.53. The minimum Gasteiger partial charge on any atom is -0.276 e. The monoisotopic (exact) mass is 349 g/mol. The lowest BCUT2D eigenvalue weighted by atomic mass is 10.0. The van der Waals surface area contributed by atoms with Gasteiger partial charge in [0, 0.05) is 26.6 Å². The molecular formula is C17H10Cl3NO. The summed E-state index contributed by atoms with van der Waals surface area (Å²) in [5, 5.41) is 1.41. The van der Waals surface area contributed by atoms with Gasteiger partial charge < -0.3 is 0 Å². The van der Waals surface area contributed by atoms with Crippen molar-refractivity contribution in [3.05, 3.63) is 63.6 Å². The van der Waals surface area contributed by atoms with Gasteiger partial charge in [-0.15, -0.1) is 0 Å². The highest BCUT2D eigenvalue weighted by atomic mass is 35.5. The molecule has 0 saturated heterocycles. The molecule has 0 aliphatic carbocycles. The van der Waals surface area contributed by atoms with E-state index in [9.17, 15) is 4.79 Å². The van der Waals surface area contributed by atoms with Gasteiger partial charge in [-0.1, -0.05) is 41.4 Å². The number of carbonyl (C=O) groups is 1. The molecule has 0 N–H and O–H groups in total. The van der Waals surface area contributed by atoms with Gasteiger partial charge in [0.2, 0.25) is 0 Å². The summed E-state index contributed by atoms with van der Waals surface area (Å²) in [7, 11) is 0. The Hall–Kier alpha value is -1.61. The maximum atomic E-state index is 11.8. The van der Waals surface area contributed by atoms with Gasteiger partial charge >= 0.3 is 0 Å². The molecule has 0 aliphatic heterocycles. The molecule has 0 unspecified atom stereocenters. The molecule has 0 saturated carbocycles. The molecule has 0 amide bonds. The topological polar surface area (TPSA) is 30.0 Å². The van der Waals surface area contributed by atoms with E-state index < -0.39 is 5.24 Å². The van der Waals surface area contributed by atoms with E-state index in [0.717, 1.165) is 11.1 Å². The third-order valence-electron chi connectivity index (χ3n) is 3.52. The summed E-state index contributed by atoms with van der Waals surface area (Å²) in [6.45, 7) is 1.87. The third kappa shape index (κ3) is 2.70. The Balaban J connectivity index is 2.35. The molecule has 0 aliphatic rings. The molecule has 1 heterocycles. The average Bonchev–Trinajstić information content (AvgIpc) is 2.51. The van der Waals surface area contributed by atoms with Gasteiger partial charge in [0.15, 0.2) is 0 Å². The number of aryl methyl sites for hydroxylation is 1. The summed E-state index contributed by atoms with van der Waals surface area (Å²) in [5.74, 6) is 0. The summed E-state index contributed by atoms with van der Waals surface area (Å²) in [5.41, 5.74) is 3.40. The van der Waals surface area contributed by atoms with Crippen LogP contribution in [0.5, 0.6) is 0 Å². The van der Waals surface area contributed by atoms with Gasteiger partial charge in [0.25, 0.3) is 5.24 Å². The Kier molecular flexibility index (Phi) is 4.09. The van der Waals surface area contributed by atoms with E-state index in [1.807, 2.05) is 19.1 Å². The summed E-state index contributed by atoms with van der Waals surface area (Å²) in [6.07, 6.45) is 0. The van der Waals surface area contributed by atoms with Gasteiger partial charge in [-0.3, -0.25) is 4.79 Å². The van der Waals surface area contributed by atoms with Gasteiger partial charge in [0.05, 0.1) is 11.2 Å². The van der Waals surface area contributed by atoms with Crippen LogP contribution in [0.4, 0.5) is 0 Å². The predicted octanol–water partition coefficient (Wildman–Crippen LogP) is 5.90. The summed E-state index contributed by atoms with van der Waals surface area (Å²) < 4.78 is 0. The second-order valence-electron chi connectivity index (χ2n) is 4.90. The summed E-state index contributed by atoms with van der Waals surface area (Å²) >= 11 is 17.8. The van der Waals surface area contributed by atoms with Crippen molar-refractivity contribution in [1.82, 2.24) is 4.98 Å². The molecule has 2 aromatic carbocycles. The maximum Gasteiger partial charge on any atom is 0.253 e. The molecular weight excluding hydrogens is 341 g/mol. The first kappa shape index (κ1) is 15.3. The Morgan fingerprint density at radius 1 is 1.05 bits per heavy atom. The lowest BCUT2D eigenvalue weighted by Crippen LogP contribution is -1.97. The largest absolute Gasteiger partial charge is 0.276 e. The number of pyridine rings is 1. The van der Waals surface area contributed by atoms with Crippen molar-refractivity contribution in [2.75, 3.05) is 0 Å². The number of benzene rings is 2. The summed E-state index contributed by atoms with van der Waals surface area (Å²) in [6, 6.07) is 12.4. The quantitative estimate of drug-likeness (QED) is 0.539. The number of nitrogens with zero attached hydrogens (tertiary/aromatic N) is 1. The van der Waals surface area contributed by atoms with Crippen molar-refractivity contribution in [1.29, 1.82) is 0 Å². The first-order chi connectivity index (χ1) is 10.5. The molecule has 0 atom stereocenters. The molecule has 3 rings (SSSR count). The van der Waals surface area contributed by atoms with Crippen molar-refractivity contribution in [2.24, 2.45) is 0 Å². The van der Waals surface area contributed by atoms with E-state index in [1.165, 1.54) is 0 Å². The molecule has 5 heteroatoms. The molecule has 3 aromatic rings. The van der Waals surface area contributed by atoms with Crippen LogP contribution in [0.15, 0.2) is 42.5 Å². The van der Waals surface area contributed by atoms with E-state index in [4.69, 9.17) is 34.8 Å². The van der Waals surface area contributed by atoms with Crippen LogP contribution in [-0.4, -0.2) is 10.2 Å². The zero-order chi connectivity index (χ0) is 15.9. The second-order valence-corrected chi connectivity index (χ2v) is 6.09. The smallest absolute Gasteiger partial charge is 0.253 e. The number of rotatable bonds is 2. The van der Waals surface area contributed by atoms with Crippen LogP contribution in [0.1, 0.15) is 15.9 Å². The Bertz CT molecular complexity index is 889. The number of halogens is 3. The molecule has 1 aromatic heterocycles. The zero-order valence-electron chi connectivity index (χ0n) is 11.5. The number of hydrogen-bond acceptors (Lipinski definition) is 2. The lowest BCUT2D eigenvalue weighted by molar-refractivity contribution is 0.108. The minimum absolute atomic E-state index is 0.413. The molecule has 110 valence electrons. The highest BCUT2D eigenvalue weighted by molar-refractivity contribution is 6.68. The molecule has 0 radical (unpaired) electrons. The molecule has 0 spiro atoms. The number of carbonyl (C=O) groups excluding carboxylic acids is 1. The van der Waals surface area contributed by atoms with E-state index in [-0.39, 0.29) is 0 Å². The van der Waals surface area contributed by atoms with E-state index in [1.54, 1.807) is 30.3 Å². The highest BCUT2D eigenvalue weighted by Crippen LogP contribution is 2.31. The Labute approximate surface area is 142 Å². The lowest BCUT2D eigenvalue weighted by Gasteiger charge is -2.10. The van der Waals surface area contributed by atoms with Crippen LogP contribution in [0, 0.1) is 6.92 Å². The average molecular weight is 351 g/mol. The van der Waals surface area contributed by atoms with Crippen LogP contribution >= 0.6 is 34.8 Å². The third-order valence-corrected chi connectivity index (χ3v) is 4.39. The van der Waals surface area contributed by atoms with Gasteiger partial charge in [-0.2, -0.15) is 0 Å². The van der Waals surface area contributed by atoms with Crippen LogP contribution < -0.4 is 0 Å². The van der Waals surface area contributed by atoms with Crippen LogP contribution in [-0.2, 0) is 0 Å². The van der Waals surface area contributed by atoms with Crippen molar-refractivity contribution >= 4 is 50.9 Å². The van der Waals surface area contributed by atoms with Crippen LogP contribution in [0.2, 0.25) is 10.0 Å². The van der Waals surface area contributed by atoms with Crippen molar-refractivity contribution < 1.29 is 4.79 Å². The standard InChI is InChI=1S/C17H10Cl3NO/c1-9-14(19)7-6-12-13(17(20)22)8-15(21-16(9)12)10-2-4-11(18)5-3-10/h2-8H,1H3. The predicted molar refractivity (Wildman–Crippen MR) is 92.1 cm³/mol. The normalized spacial score (nSPS) is 10.9. The van der Waals surface area contributed by atoms with E-state index in [0.29, 0.717) is 32.2 Å². The number of hydrogen-bond donors (Lipinski definition) is 0. The van der Waals surface area contributed by atoms with Crippen LogP contribution in [0.25, 0.3) is 22.2 Å². The minimum atomic E-state index is -0.524. The Morgan fingerprint density at radius 2 is 1.73 bits per heavy atom. The van der Waals surface area contributed by atoms with E-state index in [2.05, 4.69) is 4.98 Å². The zero-order valence-corrected chi connectivity index (χ0v) is 13.8. The van der Waals surface area contributed by atoms with Crippen molar-refractivity contribution in [3.8, 4) is 11.3 Å². The number of fused-ring (bicyclic) bond motifs is 1. The first-order valence-corrected chi connectivity index (χ1v) is 7.66. The summed E-state index contributed by atoms with van der Waals surface area (Å²) in [4.78, 5) is 16.4. The fourth-order valence-corrected chi connectivity index (χ4v) is 2.77. The SMILES string of the molecule is Cc1c(Cl)ccc2c(C(=O)Cl)cc(-c3ccc(Cl)cc3)nc12. The van der Waals surface area contributed by atoms with Gasteiger partial charge in [-0.05, 0) is 48.4 Å². The number of aromatic nitrogens is 1. The van der Waals surface area contributed by atoms with Crippen LogP contribution in [0.3, 0.4) is 0 Å². The molecule has 2 nitrogen and oxygen atoms in total. The molecule has 0 fully saturated rings. The van der Waals surface area contributed by atoms with Gasteiger partial charge in [0.1, 0.15) is 0 Å². The van der Waals surface area contributed by atoms with Gasteiger partial charge in [-0.25, -0.2) is 4.98 Å². The fourth-order valence-electron chi connectivity index (χ4n) is 2.34. The molecule has 0 bridgehead atoms. The second kappa shape index (κ2) is 5.88. The van der Waals surface area contributed by atoms with Crippen molar-refractivity contribution in [3.63, 3.8) is 0 Å². The maximum absolute atomic E-state index is 11.8. The fraction of sp³-hybridized carbons (Fsp3) is 0.0588.